The van der Waals surface area contributed by atoms with Crippen LogP contribution in [0.15, 0.2) is 30.3 Å². The number of esters is 1. The molecule has 0 bridgehead atoms. The summed E-state index contributed by atoms with van der Waals surface area (Å²) >= 11 is 6.13. The second-order valence-electron chi connectivity index (χ2n) is 11.3. The van der Waals surface area contributed by atoms with E-state index in [4.69, 9.17) is 21.1 Å². The number of methoxy groups -OCH3 is 1. The summed E-state index contributed by atoms with van der Waals surface area (Å²) in [6, 6.07) is 4.99. The molecule has 2 aromatic rings. The number of likely N-dealkylation sites (tertiary alicyclic amines) is 2. The van der Waals surface area contributed by atoms with E-state index in [0.717, 1.165) is 31.0 Å². The molecule has 2 aromatic carbocycles. The number of alkyl halides is 4. The topological polar surface area (TPSA) is 59.1 Å². The number of nitrogens with zero attached hydrogens (tertiary/aromatic N) is 2. The highest BCUT2D eigenvalue weighted by atomic mass is 35.5. The van der Waals surface area contributed by atoms with E-state index in [1.54, 1.807) is 0 Å². The maximum Gasteiger partial charge on any atom is 0.416 e. The van der Waals surface area contributed by atoms with Gasteiger partial charge in [0.05, 0.1) is 18.2 Å². The standard InChI is InChI=1S/C30H32ClF5N2O4/c1-41-28(40)25-3-2-10-38(25)27(39)22-14-21(18-4-5-18)26(15-24(22)32)42-17-29(33)8-11-37(12-9-29)16-19-13-20(30(34,35)36)6-7-23(19)31/h6-7,13-15,18,25H,2-5,8-12,16-17H2,1H3/t25-/m0/s1. The SMILES string of the molecule is COC(=O)[C@@H]1CCCN1C(=O)c1cc(C2CC2)c(OCC2(F)CCN(Cc3cc(C(F)(F)F)ccc3Cl)CC2)cc1F. The van der Waals surface area contributed by atoms with Gasteiger partial charge in [-0.2, -0.15) is 13.2 Å². The van der Waals surface area contributed by atoms with Gasteiger partial charge in [0, 0.05) is 37.3 Å². The molecule has 42 heavy (non-hydrogen) atoms. The summed E-state index contributed by atoms with van der Waals surface area (Å²) in [4.78, 5) is 28.5. The van der Waals surface area contributed by atoms with Crippen LogP contribution in [0.1, 0.15) is 71.5 Å². The molecule has 1 atom stereocenters. The monoisotopic (exact) mass is 614 g/mol. The molecule has 3 aliphatic rings. The van der Waals surface area contributed by atoms with Crippen molar-refractivity contribution in [1.29, 1.82) is 0 Å². The molecular formula is C30H32ClF5N2O4. The second kappa shape index (κ2) is 12.0. The molecule has 228 valence electrons. The Hall–Kier alpha value is -2.92. The van der Waals surface area contributed by atoms with Gasteiger partial charge in [-0.15, -0.1) is 0 Å². The third-order valence-electron chi connectivity index (χ3n) is 8.34. The van der Waals surface area contributed by atoms with Gasteiger partial charge in [-0.3, -0.25) is 9.69 Å². The van der Waals surface area contributed by atoms with Crippen molar-refractivity contribution in [3.8, 4) is 5.75 Å². The number of carbonyl (C=O) groups is 2. The summed E-state index contributed by atoms with van der Waals surface area (Å²) in [6.45, 7) is 0.701. The smallest absolute Gasteiger partial charge is 0.416 e. The zero-order valence-electron chi connectivity index (χ0n) is 23.1. The molecule has 6 nitrogen and oxygen atoms in total. The van der Waals surface area contributed by atoms with Crippen LogP contribution in [0.4, 0.5) is 22.0 Å². The lowest BCUT2D eigenvalue weighted by Crippen LogP contribution is -2.44. The molecule has 3 fully saturated rings. The molecule has 1 amide bonds. The number of benzene rings is 2. The average Bonchev–Trinajstić information content (AvgIpc) is 3.68. The first-order valence-electron chi connectivity index (χ1n) is 14.0. The second-order valence-corrected chi connectivity index (χ2v) is 11.8. The van der Waals surface area contributed by atoms with Crippen molar-refractivity contribution in [2.45, 2.75) is 68.9 Å². The Morgan fingerprint density at radius 1 is 1.07 bits per heavy atom. The van der Waals surface area contributed by atoms with Gasteiger partial charge in [-0.05, 0) is 79.8 Å². The molecule has 0 unspecified atom stereocenters. The highest BCUT2D eigenvalue weighted by molar-refractivity contribution is 6.31. The fraction of sp³-hybridized carbons (Fsp3) is 0.533. The molecule has 2 aliphatic heterocycles. The summed E-state index contributed by atoms with van der Waals surface area (Å²) in [5, 5.41) is 0.213. The molecule has 0 N–H and O–H groups in total. The first-order chi connectivity index (χ1) is 19.9. The van der Waals surface area contributed by atoms with Crippen LogP contribution < -0.4 is 4.74 Å². The molecule has 1 aliphatic carbocycles. The lowest BCUT2D eigenvalue weighted by atomic mass is 9.93. The number of hydrogen-bond acceptors (Lipinski definition) is 5. The highest BCUT2D eigenvalue weighted by Crippen LogP contribution is 2.46. The number of rotatable bonds is 8. The number of hydrogen-bond donors (Lipinski definition) is 0. The minimum atomic E-state index is -4.49. The van der Waals surface area contributed by atoms with E-state index < -0.39 is 41.1 Å². The summed E-state index contributed by atoms with van der Waals surface area (Å²) < 4.78 is 81.0. The molecule has 2 saturated heterocycles. The minimum absolute atomic E-state index is 0.0664. The van der Waals surface area contributed by atoms with E-state index in [-0.39, 0.29) is 61.3 Å². The number of amides is 1. The van der Waals surface area contributed by atoms with Crippen molar-refractivity contribution < 1.29 is 41.0 Å². The van der Waals surface area contributed by atoms with Crippen molar-refractivity contribution >= 4 is 23.5 Å². The fourth-order valence-corrected chi connectivity index (χ4v) is 5.87. The van der Waals surface area contributed by atoms with Gasteiger partial charge in [-0.25, -0.2) is 13.6 Å². The van der Waals surface area contributed by atoms with Crippen LogP contribution in [0, 0.1) is 5.82 Å². The fourth-order valence-electron chi connectivity index (χ4n) is 5.70. The van der Waals surface area contributed by atoms with E-state index >= 15 is 8.78 Å². The molecule has 2 heterocycles. The quantitative estimate of drug-likeness (QED) is 0.250. The van der Waals surface area contributed by atoms with Gasteiger partial charge in [0.1, 0.15) is 29.9 Å². The van der Waals surface area contributed by atoms with E-state index in [2.05, 4.69) is 0 Å². The van der Waals surface area contributed by atoms with Crippen molar-refractivity contribution in [2.24, 2.45) is 0 Å². The largest absolute Gasteiger partial charge is 0.490 e. The maximum atomic E-state index is 15.8. The Balaban J connectivity index is 1.23. The summed E-state index contributed by atoms with van der Waals surface area (Å²) in [5.41, 5.74) is -1.71. The van der Waals surface area contributed by atoms with Gasteiger partial charge in [-0.1, -0.05) is 11.6 Å². The zero-order valence-corrected chi connectivity index (χ0v) is 23.9. The van der Waals surface area contributed by atoms with Crippen LogP contribution in [0.5, 0.6) is 5.75 Å². The van der Waals surface area contributed by atoms with Crippen LogP contribution in [-0.2, 0) is 22.3 Å². The van der Waals surface area contributed by atoms with Gasteiger partial charge < -0.3 is 14.4 Å². The normalized spacial score (nSPS) is 20.9. The molecule has 0 spiro atoms. The van der Waals surface area contributed by atoms with Gasteiger partial charge in [0.25, 0.3) is 5.91 Å². The number of piperidine rings is 1. The third-order valence-corrected chi connectivity index (χ3v) is 8.71. The van der Waals surface area contributed by atoms with Crippen LogP contribution in [0.2, 0.25) is 5.02 Å². The Morgan fingerprint density at radius 3 is 2.43 bits per heavy atom. The van der Waals surface area contributed by atoms with Gasteiger partial charge in [0.2, 0.25) is 0 Å². The lowest BCUT2D eigenvalue weighted by Gasteiger charge is -2.36. The number of ether oxygens (including phenoxy) is 2. The van der Waals surface area contributed by atoms with Crippen molar-refractivity contribution in [3.63, 3.8) is 0 Å². The Bertz CT molecular complexity index is 1340. The van der Waals surface area contributed by atoms with E-state index in [0.29, 0.717) is 30.5 Å². The van der Waals surface area contributed by atoms with E-state index in [9.17, 15) is 22.8 Å². The Kier molecular flexibility index (Phi) is 8.72. The average molecular weight is 615 g/mol. The van der Waals surface area contributed by atoms with Gasteiger partial charge >= 0.3 is 12.1 Å². The van der Waals surface area contributed by atoms with Crippen molar-refractivity contribution in [3.05, 3.63) is 63.4 Å². The highest BCUT2D eigenvalue weighted by Gasteiger charge is 2.39. The number of halogens is 6. The van der Waals surface area contributed by atoms with Gasteiger partial charge in [0.15, 0.2) is 0 Å². The predicted octanol–water partition coefficient (Wildman–Crippen LogP) is 6.54. The summed E-state index contributed by atoms with van der Waals surface area (Å²) in [6.07, 6.45) is -1.63. The first-order valence-corrected chi connectivity index (χ1v) is 14.4. The summed E-state index contributed by atoms with van der Waals surface area (Å²) in [5.74, 6) is -1.69. The van der Waals surface area contributed by atoms with Crippen LogP contribution in [0.25, 0.3) is 0 Å². The van der Waals surface area contributed by atoms with Crippen LogP contribution >= 0.6 is 11.6 Å². The first kappa shape index (κ1) is 30.5. The van der Waals surface area contributed by atoms with Crippen LogP contribution in [0.3, 0.4) is 0 Å². The van der Waals surface area contributed by atoms with Crippen LogP contribution in [-0.4, -0.2) is 66.7 Å². The van der Waals surface area contributed by atoms with E-state index in [1.807, 2.05) is 4.90 Å². The minimum Gasteiger partial charge on any atom is -0.490 e. The molecule has 5 rings (SSSR count). The van der Waals surface area contributed by atoms with Crippen molar-refractivity contribution in [2.75, 3.05) is 33.4 Å². The molecule has 0 radical (unpaired) electrons. The third kappa shape index (κ3) is 6.67. The molecule has 1 saturated carbocycles. The molecule has 0 aromatic heterocycles. The molecular weight excluding hydrogens is 583 g/mol. The lowest BCUT2D eigenvalue weighted by molar-refractivity contribution is -0.145. The van der Waals surface area contributed by atoms with Crippen molar-refractivity contribution in [1.82, 2.24) is 9.80 Å². The molecule has 12 heteroatoms. The summed E-state index contributed by atoms with van der Waals surface area (Å²) in [7, 11) is 1.24. The Labute approximate surface area is 245 Å². The number of carbonyl (C=O) groups excluding carboxylic acids is 2. The van der Waals surface area contributed by atoms with E-state index in [1.165, 1.54) is 24.1 Å². The zero-order chi connectivity index (χ0) is 30.2. The predicted molar refractivity (Wildman–Crippen MR) is 145 cm³/mol. The Morgan fingerprint density at radius 2 is 1.79 bits per heavy atom. The maximum absolute atomic E-state index is 15.8.